The summed E-state index contributed by atoms with van der Waals surface area (Å²) in [6.45, 7) is 0. The van der Waals surface area contributed by atoms with Gasteiger partial charge in [0.15, 0.2) is 5.11 Å². The third-order valence-electron chi connectivity index (χ3n) is 7.89. The van der Waals surface area contributed by atoms with E-state index in [1.165, 1.54) is 50.5 Å². The predicted molar refractivity (Wildman–Crippen MR) is 144 cm³/mol. The molecule has 1 saturated heterocycles. The number of ether oxygens (including phenoxy) is 1. The lowest BCUT2D eigenvalue weighted by atomic mass is 9.95. The maximum atomic E-state index is 6.21. The average molecular weight is 487 g/mol. The Hall–Kier alpha value is -2.86. The summed E-state index contributed by atoms with van der Waals surface area (Å²) in [5.74, 6) is 0.944. The molecule has 1 N–H and O–H groups in total. The molecule has 2 aromatic heterocycles. The molecular weight excluding hydrogens is 452 g/mol. The Balaban J connectivity index is 1.31. The molecule has 3 fully saturated rings. The molecule has 0 amide bonds. The SMILES string of the molecule is S=C1NC(c2ccccn2)C(c2ccn(C3CCCCC3)c2)N1c1ccc(OC2CCCC2)cc1. The van der Waals surface area contributed by atoms with Crippen molar-refractivity contribution in [3.05, 3.63) is 78.4 Å². The highest BCUT2D eigenvalue weighted by molar-refractivity contribution is 7.80. The van der Waals surface area contributed by atoms with Crippen LogP contribution >= 0.6 is 12.2 Å². The van der Waals surface area contributed by atoms with Crippen molar-refractivity contribution < 1.29 is 4.74 Å². The Morgan fingerprint density at radius 1 is 0.886 bits per heavy atom. The minimum absolute atomic E-state index is 0.0136. The van der Waals surface area contributed by atoms with Gasteiger partial charge in [0, 0.05) is 30.3 Å². The van der Waals surface area contributed by atoms with E-state index >= 15 is 0 Å². The zero-order valence-corrected chi connectivity index (χ0v) is 21.0. The first kappa shape index (κ1) is 22.6. The largest absolute Gasteiger partial charge is 0.490 e. The van der Waals surface area contributed by atoms with Gasteiger partial charge in [0.05, 0.1) is 23.9 Å². The van der Waals surface area contributed by atoms with Crippen molar-refractivity contribution in [3.63, 3.8) is 0 Å². The summed E-state index contributed by atoms with van der Waals surface area (Å²) < 4.78 is 8.64. The van der Waals surface area contributed by atoms with E-state index in [1.54, 1.807) is 0 Å². The van der Waals surface area contributed by atoms with Gasteiger partial charge in [-0.3, -0.25) is 4.98 Å². The topological polar surface area (TPSA) is 42.3 Å². The van der Waals surface area contributed by atoms with Gasteiger partial charge < -0.3 is 19.5 Å². The highest BCUT2D eigenvalue weighted by atomic mass is 32.1. The molecule has 1 aromatic carbocycles. The molecule has 182 valence electrons. The van der Waals surface area contributed by atoms with E-state index in [0.717, 1.165) is 35.1 Å². The number of pyridine rings is 1. The summed E-state index contributed by atoms with van der Waals surface area (Å²) in [6, 6.07) is 17.5. The number of hydrogen-bond donors (Lipinski definition) is 1. The fraction of sp³-hybridized carbons (Fsp3) is 0.448. The summed E-state index contributed by atoms with van der Waals surface area (Å²) in [4.78, 5) is 6.95. The van der Waals surface area contributed by atoms with E-state index in [9.17, 15) is 0 Å². The monoisotopic (exact) mass is 486 g/mol. The van der Waals surface area contributed by atoms with Crippen LogP contribution in [0, 0.1) is 0 Å². The van der Waals surface area contributed by atoms with Crippen LogP contribution in [0.15, 0.2) is 67.1 Å². The smallest absolute Gasteiger partial charge is 0.174 e. The fourth-order valence-electron chi connectivity index (χ4n) is 6.07. The average Bonchev–Trinajstić information content (AvgIpc) is 3.66. The Bertz CT molecular complexity index is 1130. The number of aromatic nitrogens is 2. The van der Waals surface area contributed by atoms with Crippen LogP contribution in [0.4, 0.5) is 5.69 Å². The van der Waals surface area contributed by atoms with Crippen molar-refractivity contribution in [3.8, 4) is 5.75 Å². The van der Waals surface area contributed by atoms with E-state index in [4.69, 9.17) is 21.9 Å². The van der Waals surface area contributed by atoms with Crippen LogP contribution in [-0.2, 0) is 0 Å². The summed E-state index contributed by atoms with van der Waals surface area (Å²) in [7, 11) is 0. The van der Waals surface area contributed by atoms with Gasteiger partial charge in [0.25, 0.3) is 0 Å². The van der Waals surface area contributed by atoms with Crippen LogP contribution in [0.1, 0.15) is 87.2 Å². The molecule has 0 bridgehead atoms. The second-order valence-electron chi connectivity index (χ2n) is 10.2. The number of thiocarbonyl (C=S) groups is 1. The fourth-order valence-corrected chi connectivity index (χ4v) is 6.41. The molecule has 35 heavy (non-hydrogen) atoms. The third-order valence-corrected chi connectivity index (χ3v) is 8.21. The number of nitrogens with one attached hydrogen (secondary N) is 1. The standard InChI is InChI=1S/C29H34N4OS/c35-29-31-27(26-12-6-7-18-30-26)28(21-17-19-32(20-21)22-8-2-1-3-9-22)33(29)23-13-15-25(16-14-23)34-24-10-4-5-11-24/h6-7,12-20,22,24,27-28H,1-5,8-11H2,(H,31,35). The summed E-state index contributed by atoms with van der Waals surface area (Å²) in [5, 5.41) is 4.32. The molecule has 0 radical (unpaired) electrons. The van der Waals surface area contributed by atoms with E-state index < -0.39 is 0 Å². The maximum Gasteiger partial charge on any atom is 0.174 e. The molecular formula is C29H34N4OS. The lowest BCUT2D eigenvalue weighted by Crippen LogP contribution is -2.29. The molecule has 2 saturated carbocycles. The molecule has 0 spiro atoms. The second-order valence-corrected chi connectivity index (χ2v) is 10.6. The third kappa shape index (κ3) is 4.68. The zero-order chi connectivity index (χ0) is 23.6. The molecule has 5 nitrogen and oxygen atoms in total. The van der Waals surface area contributed by atoms with Crippen LogP contribution in [0.5, 0.6) is 5.75 Å². The number of benzene rings is 1. The van der Waals surface area contributed by atoms with Gasteiger partial charge >= 0.3 is 0 Å². The lowest BCUT2D eigenvalue weighted by molar-refractivity contribution is 0.210. The van der Waals surface area contributed by atoms with Crippen molar-refractivity contribution in [2.24, 2.45) is 0 Å². The molecule has 1 aliphatic heterocycles. The van der Waals surface area contributed by atoms with Gasteiger partial charge in [0.2, 0.25) is 0 Å². The number of anilines is 1. The van der Waals surface area contributed by atoms with Crippen molar-refractivity contribution in [1.82, 2.24) is 14.9 Å². The Labute approximate surface area is 213 Å². The minimum Gasteiger partial charge on any atom is -0.490 e. The molecule has 3 heterocycles. The van der Waals surface area contributed by atoms with Crippen molar-refractivity contribution in [1.29, 1.82) is 0 Å². The first-order chi connectivity index (χ1) is 17.3. The molecule has 2 unspecified atom stereocenters. The van der Waals surface area contributed by atoms with Gasteiger partial charge in [-0.15, -0.1) is 0 Å². The summed E-state index contributed by atoms with van der Waals surface area (Å²) >= 11 is 5.91. The Morgan fingerprint density at radius 2 is 1.66 bits per heavy atom. The van der Waals surface area contributed by atoms with Gasteiger partial charge in [-0.2, -0.15) is 0 Å². The normalized spacial score (nSPS) is 23.5. The lowest BCUT2D eigenvalue weighted by Gasteiger charge is -2.28. The quantitative estimate of drug-likeness (QED) is 0.384. The molecule has 2 aliphatic carbocycles. The zero-order valence-electron chi connectivity index (χ0n) is 20.2. The molecule has 6 heteroatoms. The predicted octanol–water partition coefficient (Wildman–Crippen LogP) is 6.89. The molecule has 3 aromatic rings. The number of hydrogen-bond acceptors (Lipinski definition) is 3. The highest BCUT2D eigenvalue weighted by Crippen LogP contribution is 2.42. The van der Waals surface area contributed by atoms with Crippen LogP contribution in [-0.4, -0.2) is 20.8 Å². The minimum atomic E-state index is -0.0136. The van der Waals surface area contributed by atoms with Crippen LogP contribution in [0.2, 0.25) is 0 Å². The van der Waals surface area contributed by atoms with Gasteiger partial charge in [-0.05, 0) is 98.8 Å². The first-order valence-corrected chi connectivity index (χ1v) is 13.6. The van der Waals surface area contributed by atoms with E-state index in [-0.39, 0.29) is 12.1 Å². The Kier molecular flexibility index (Phi) is 6.47. The van der Waals surface area contributed by atoms with Crippen molar-refractivity contribution in [2.45, 2.75) is 82.0 Å². The summed E-state index contributed by atoms with van der Waals surface area (Å²) in [5.41, 5.74) is 3.36. The highest BCUT2D eigenvalue weighted by Gasteiger charge is 2.41. The maximum absolute atomic E-state index is 6.21. The van der Waals surface area contributed by atoms with E-state index in [0.29, 0.717) is 12.1 Å². The number of nitrogens with zero attached hydrogens (tertiary/aromatic N) is 3. The van der Waals surface area contributed by atoms with Crippen molar-refractivity contribution >= 4 is 23.0 Å². The van der Waals surface area contributed by atoms with Crippen LogP contribution in [0.25, 0.3) is 0 Å². The first-order valence-electron chi connectivity index (χ1n) is 13.2. The summed E-state index contributed by atoms with van der Waals surface area (Å²) in [6.07, 6.45) is 18.2. The van der Waals surface area contributed by atoms with Crippen molar-refractivity contribution in [2.75, 3.05) is 4.90 Å². The second kappa shape index (κ2) is 10.0. The Morgan fingerprint density at radius 3 is 2.40 bits per heavy atom. The van der Waals surface area contributed by atoms with Crippen LogP contribution < -0.4 is 15.0 Å². The number of rotatable bonds is 6. The van der Waals surface area contributed by atoms with E-state index in [1.807, 2.05) is 12.3 Å². The molecule has 2 atom stereocenters. The molecule has 6 rings (SSSR count). The van der Waals surface area contributed by atoms with Gasteiger partial charge in [-0.1, -0.05) is 25.3 Å². The van der Waals surface area contributed by atoms with Gasteiger partial charge in [-0.25, -0.2) is 0 Å². The van der Waals surface area contributed by atoms with E-state index in [2.05, 4.69) is 69.6 Å². The van der Waals surface area contributed by atoms with Gasteiger partial charge in [0.1, 0.15) is 5.75 Å². The molecule has 3 aliphatic rings. The van der Waals surface area contributed by atoms with Crippen LogP contribution in [0.3, 0.4) is 0 Å².